The second-order valence-corrected chi connectivity index (χ2v) is 5.96. The summed E-state index contributed by atoms with van der Waals surface area (Å²) in [4.78, 5) is 14.2. The monoisotopic (exact) mass is 303 g/mol. The number of allylic oxidation sites excluding steroid dienone is 1. The van der Waals surface area contributed by atoms with Crippen molar-refractivity contribution in [2.45, 2.75) is 32.8 Å². The smallest absolute Gasteiger partial charge is 0.246 e. The number of methoxy groups -OCH3 is 1. The van der Waals surface area contributed by atoms with Gasteiger partial charge in [-0.15, -0.1) is 0 Å². The number of carbonyl (C=O) groups is 1. The van der Waals surface area contributed by atoms with E-state index in [0.29, 0.717) is 5.92 Å². The van der Waals surface area contributed by atoms with Crippen molar-refractivity contribution in [3.8, 4) is 5.75 Å². The number of rotatable bonds is 4. The Balaban J connectivity index is 2.01. The van der Waals surface area contributed by atoms with Crippen molar-refractivity contribution < 1.29 is 14.6 Å². The number of carbonyl (C=O) groups excluding carboxylic acids is 1. The fraction of sp³-hybridized carbons (Fsp3) is 0.500. The van der Waals surface area contributed by atoms with Crippen LogP contribution < -0.4 is 4.74 Å². The SMILES string of the molecule is COc1cccc(C(C)=CC(=O)N2CCC(C(C)O)CC2)c1. The van der Waals surface area contributed by atoms with Gasteiger partial charge in [-0.05, 0) is 55.9 Å². The Morgan fingerprint density at radius 2 is 2.09 bits per heavy atom. The highest BCUT2D eigenvalue weighted by Gasteiger charge is 2.24. The lowest BCUT2D eigenvalue weighted by molar-refractivity contribution is -0.127. The summed E-state index contributed by atoms with van der Waals surface area (Å²) in [5.74, 6) is 1.15. The van der Waals surface area contributed by atoms with Gasteiger partial charge in [-0.3, -0.25) is 4.79 Å². The molecule has 1 aromatic rings. The molecule has 0 aliphatic carbocycles. The van der Waals surface area contributed by atoms with Crippen LogP contribution in [0.4, 0.5) is 0 Å². The summed E-state index contributed by atoms with van der Waals surface area (Å²) >= 11 is 0. The van der Waals surface area contributed by atoms with Gasteiger partial charge < -0.3 is 14.7 Å². The predicted octanol–water partition coefficient (Wildman–Crippen LogP) is 2.72. The highest BCUT2D eigenvalue weighted by Crippen LogP contribution is 2.23. The zero-order chi connectivity index (χ0) is 16.1. The molecule has 1 heterocycles. The maximum absolute atomic E-state index is 12.4. The quantitative estimate of drug-likeness (QED) is 0.870. The van der Waals surface area contributed by atoms with E-state index >= 15 is 0 Å². The molecule has 2 rings (SSSR count). The molecule has 1 amide bonds. The van der Waals surface area contributed by atoms with Crippen molar-refractivity contribution in [3.05, 3.63) is 35.9 Å². The van der Waals surface area contributed by atoms with Crippen LogP contribution in [0.3, 0.4) is 0 Å². The van der Waals surface area contributed by atoms with E-state index in [1.165, 1.54) is 0 Å². The third kappa shape index (κ3) is 4.10. The van der Waals surface area contributed by atoms with Crippen LogP contribution in [0.25, 0.3) is 5.57 Å². The fourth-order valence-electron chi connectivity index (χ4n) is 2.83. The molecule has 0 spiro atoms. The molecular formula is C18H25NO3. The number of hydrogen-bond acceptors (Lipinski definition) is 3. The van der Waals surface area contributed by atoms with Crippen molar-refractivity contribution in [2.24, 2.45) is 5.92 Å². The van der Waals surface area contributed by atoms with E-state index in [0.717, 1.165) is 42.8 Å². The van der Waals surface area contributed by atoms with Gasteiger partial charge in [-0.2, -0.15) is 0 Å². The molecule has 1 aliphatic heterocycles. The normalized spacial score (nSPS) is 18.2. The highest BCUT2D eigenvalue weighted by atomic mass is 16.5. The average Bonchev–Trinajstić information content (AvgIpc) is 2.54. The lowest BCUT2D eigenvalue weighted by Crippen LogP contribution is -2.40. The Hall–Kier alpha value is -1.81. The third-order valence-corrected chi connectivity index (χ3v) is 4.40. The second kappa shape index (κ2) is 7.45. The minimum absolute atomic E-state index is 0.0457. The molecule has 0 radical (unpaired) electrons. The van der Waals surface area contributed by atoms with E-state index in [-0.39, 0.29) is 12.0 Å². The molecule has 4 nitrogen and oxygen atoms in total. The van der Waals surface area contributed by atoms with Gasteiger partial charge in [0.05, 0.1) is 13.2 Å². The van der Waals surface area contributed by atoms with Gasteiger partial charge in [0.25, 0.3) is 0 Å². The van der Waals surface area contributed by atoms with Crippen molar-refractivity contribution in [2.75, 3.05) is 20.2 Å². The fourth-order valence-corrected chi connectivity index (χ4v) is 2.83. The summed E-state index contributed by atoms with van der Waals surface area (Å²) in [7, 11) is 1.63. The average molecular weight is 303 g/mol. The zero-order valence-electron chi connectivity index (χ0n) is 13.6. The zero-order valence-corrected chi connectivity index (χ0v) is 13.6. The predicted molar refractivity (Wildman–Crippen MR) is 87.6 cm³/mol. The summed E-state index contributed by atoms with van der Waals surface area (Å²) < 4.78 is 5.21. The molecule has 1 N–H and O–H groups in total. The van der Waals surface area contributed by atoms with Crippen LogP contribution in [0.15, 0.2) is 30.3 Å². The van der Waals surface area contributed by atoms with E-state index in [1.54, 1.807) is 13.2 Å². The van der Waals surface area contributed by atoms with Crippen molar-refractivity contribution >= 4 is 11.5 Å². The number of hydrogen-bond donors (Lipinski definition) is 1. The molecule has 1 fully saturated rings. The van der Waals surface area contributed by atoms with Crippen LogP contribution in [0.1, 0.15) is 32.3 Å². The second-order valence-electron chi connectivity index (χ2n) is 5.96. The number of amides is 1. The Morgan fingerprint density at radius 3 is 2.68 bits per heavy atom. The van der Waals surface area contributed by atoms with Gasteiger partial charge in [0, 0.05) is 19.2 Å². The highest BCUT2D eigenvalue weighted by molar-refractivity contribution is 5.95. The maximum atomic E-state index is 12.4. The number of piperidine rings is 1. The number of likely N-dealkylation sites (tertiary alicyclic amines) is 1. The van der Waals surface area contributed by atoms with Crippen molar-refractivity contribution in [1.29, 1.82) is 0 Å². The summed E-state index contributed by atoms with van der Waals surface area (Å²) in [6.07, 6.45) is 3.15. The van der Waals surface area contributed by atoms with E-state index in [1.807, 2.05) is 43.0 Å². The van der Waals surface area contributed by atoms with Crippen molar-refractivity contribution in [1.82, 2.24) is 4.90 Å². The molecule has 1 aromatic carbocycles. The van der Waals surface area contributed by atoms with Crippen LogP contribution in [-0.2, 0) is 4.79 Å². The van der Waals surface area contributed by atoms with Crippen LogP contribution in [-0.4, -0.2) is 42.2 Å². The van der Waals surface area contributed by atoms with E-state index < -0.39 is 0 Å². The van der Waals surface area contributed by atoms with Crippen LogP contribution in [0.2, 0.25) is 0 Å². The lowest BCUT2D eigenvalue weighted by atomic mass is 9.92. The third-order valence-electron chi connectivity index (χ3n) is 4.40. The lowest BCUT2D eigenvalue weighted by Gasteiger charge is -2.32. The van der Waals surface area contributed by atoms with Gasteiger partial charge in [0.15, 0.2) is 0 Å². The molecule has 0 bridgehead atoms. The summed E-state index contributed by atoms with van der Waals surface area (Å²) in [5.41, 5.74) is 1.92. The first-order valence-electron chi connectivity index (χ1n) is 7.81. The molecule has 0 saturated carbocycles. The van der Waals surface area contributed by atoms with Gasteiger partial charge in [0.2, 0.25) is 5.91 Å². The Bertz CT molecular complexity index is 543. The molecule has 1 aliphatic rings. The standard InChI is InChI=1S/C18H25NO3/c1-13(16-5-4-6-17(12-16)22-3)11-18(21)19-9-7-15(8-10-19)14(2)20/h4-6,11-12,14-15,20H,7-10H2,1-3H3. The number of nitrogens with zero attached hydrogens (tertiary/aromatic N) is 1. The van der Waals surface area contributed by atoms with Crippen LogP contribution >= 0.6 is 0 Å². The number of ether oxygens (including phenoxy) is 1. The Kier molecular flexibility index (Phi) is 5.61. The summed E-state index contributed by atoms with van der Waals surface area (Å²) in [6.45, 7) is 5.21. The molecule has 1 unspecified atom stereocenters. The molecule has 120 valence electrons. The van der Waals surface area contributed by atoms with Crippen LogP contribution in [0.5, 0.6) is 5.75 Å². The minimum atomic E-state index is -0.286. The summed E-state index contributed by atoms with van der Waals surface area (Å²) in [5, 5.41) is 9.62. The molecule has 0 aromatic heterocycles. The van der Waals surface area contributed by atoms with E-state index in [2.05, 4.69) is 0 Å². The number of aliphatic hydroxyl groups is 1. The minimum Gasteiger partial charge on any atom is -0.497 e. The molecule has 22 heavy (non-hydrogen) atoms. The Morgan fingerprint density at radius 1 is 1.41 bits per heavy atom. The van der Waals surface area contributed by atoms with E-state index in [9.17, 15) is 9.90 Å². The van der Waals surface area contributed by atoms with Gasteiger partial charge in [-0.1, -0.05) is 12.1 Å². The maximum Gasteiger partial charge on any atom is 0.246 e. The molecular weight excluding hydrogens is 278 g/mol. The Labute approximate surface area is 132 Å². The summed E-state index contributed by atoms with van der Waals surface area (Å²) in [6, 6.07) is 7.71. The van der Waals surface area contributed by atoms with Gasteiger partial charge >= 0.3 is 0 Å². The first kappa shape index (κ1) is 16.6. The number of aliphatic hydroxyl groups excluding tert-OH is 1. The molecule has 4 heteroatoms. The topological polar surface area (TPSA) is 49.8 Å². The van der Waals surface area contributed by atoms with E-state index in [4.69, 9.17) is 4.74 Å². The van der Waals surface area contributed by atoms with Gasteiger partial charge in [0.1, 0.15) is 5.75 Å². The number of benzene rings is 1. The molecule has 1 saturated heterocycles. The first-order valence-corrected chi connectivity index (χ1v) is 7.81. The molecule has 1 atom stereocenters. The van der Waals surface area contributed by atoms with Gasteiger partial charge in [-0.25, -0.2) is 0 Å². The first-order chi connectivity index (χ1) is 10.5. The van der Waals surface area contributed by atoms with Crippen LogP contribution in [0, 0.1) is 5.92 Å². The van der Waals surface area contributed by atoms with Crippen molar-refractivity contribution in [3.63, 3.8) is 0 Å². The largest absolute Gasteiger partial charge is 0.497 e.